The first kappa shape index (κ1) is 12.9. The van der Waals surface area contributed by atoms with E-state index in [-0.39, 0.29) is 0 Å². The normalized spacial score (nSPS) is 10.2. The summed E-state index contributed by atoms with van der Waals surface area (Å²) in [5.41, 5.74) is 1.05. The average Bonchev–Trinajstić information content (AvgIpc) is 2.39. The molecule has 2 rings (SSSR count). The van der Waals surface area contributed by atoms with Gasteiger partial charge in [-0.1, -0.05) is 29.3 Å². The van der Waals surface area contributed by atoms with Gasteiger partial charge in [-0.05, 0) is 17.7 Å². The third-order valence-corrected chi connectivity index (χ3v) is 2.93. The highest BCUT2D eigenvalue weighted by Crippen LogP contribution is 2.29. The fourth-order valence-electron chi connectivity index (χ4n) is 1.45. The van der Waals surface area contributed by atoms with Crippen LogP contribution < -0.4 is 10.6 Å². The second-order valence-electron chi connectivity index (χ2n) is 3.61. The maximum atomic E-state index is 6.07. The van der Waals surface area contributed by atoms with Gasteiger partial charge in [-0.2, -0.15) is 0 Å². The number of nitrogens with one attached hydrogen (secondary N) is 2. The fourth-order valence-corrected chi connectivity index (χ4v) is 1.97. The molecule has 2 aromatic rings. The minimum absolute atomic E-state index is 0.489. The van der Waals surface area contributed by atoms with Crippen LogP contribution in [0.1, 0.15) is 5.56 Å². The van der Waals surface area contributed by atoms with Crippen LogP contribution >= 0.6 is 23.2 Å². The van der Waals surface area contributed by atoms with Crippen molar-refractivity contribution in [2.24, 2.45) is 0 Å². The molecule has 0 atom stereocenters. The van der Waals surface area contributed by atoms with E-state index in [0.717, 1.165) is 5.56 Å². The molecule has 4 nitrogen and oxygen atoms in total. The zero-order valence-corrected chi connectivity index (χ0v) is 11.3. The van der Waals surface area contributed by atoms with E-state index in [1.807, 2.05) is 12.1 Å². The van der Waals surface area contributed by atoms with Gasteiger partial charge in [-0.3, -0.25) is 4.98 Å². The number of nitrogens with zero attached hydrogens (tertiary/aromatic N) is 2. The molecule has 0 aromatic carbocycles. The molecule has 18 heavy (non-hydrogen) atoms. The summed E-state index contributed by atoms with van der Waals surface area (Å²) >= 11 is 12.0. The number of hydrogen-bond donors (Lipinski definition) is 2. The predicted octanol–water partition coefficient (Wildman–Crippen LogP) is 3.44. The van der Waals surface area contributed by atoms with Crippen LogP contribution in [0, 0.1) is 0 Å². The molecule has 0 aliphatic heterocycles. The molecule has 2 aromatic heterocycles. The molecule has 2 N–H and O–H groups in total. The summed E-state index contributed by atoms with van der Waals surface area (Å²) in [5, 5.41) is 7.04. The van der Waals surface area contributed by atoms with E-state index in [1.165, 1.54) is 0 Å². The third-order valence-electron chi connectivity index (χ3n) is 2.35. The zero-order chi connectivity index (χ0) is 13.0. The van der Waals surface area contributed by atoms with Crippen LogP contribution in [0.2, 0.25) is 10.0 Å². The second kappa shape index (κ2) is 5.89. The summed E-state index contributed by atoms with van der Waals surface area (Å²) in [6.45, 7) is 0.603. The van der Waals surface area contributed by atoms with E-state index < -0.39 is 0 Å². The number of pyridine rings is 2. The summed E-state index contributed by atoms with van der Waals surface area (Å²) in [6, 6.07) is 5.52. The van der Waals surface area contributed by atoms with E-state index in [0.29, 0.717) is 28.2 Å². The minimum Gasteiger partial charge on any atom is -0.372 e. The lowest BCUT2D eigenvalue weighted by Crippen LogP contribution is -2.04. The maximum Gasteiger partial charge on any atom is 0.147 e. The molecule has 0 aliphatic carbocycles. The van der Waals surface area contributed by atoms with E-state index in [9.17, 15) is 0 Å². The van der Waals surface area contributed by atoms with E-state index in [1.54, 1.807) is 25.5 Å². The van der Waals surface area contributed by atoms with Gasteiger partial charge in [0.25, 0.3) is 0 Å². The van der Waals surface area contributed by atoms with Gasteiger partial charge in [0, 0.05) is 26.0 Å². The number of anilines is 2. The largest absolute Gasteiger partial charge is 0.372 e. The molecular weight excluding hydrogens is 271 g/mol. The molecule has 0 aliphatic rings. The van der Waals surface area contributed by atoms with Crippen LogP contribution in [-0.2, 0) is 6.54 Å². The van der Waals surface area contributed by atoms with E-state index in [4.69, 9.17) is 23.2 Å². The van der Waals surface area contributed by atoms with Gasteiger partial charge in [-0.25, -0.2) is 4.98 Å². The molecule has 6 heteroatoms. The molecule has 0 saturated heterocycles. The molecular formula is C12H12Cl2N4. The smallest absolute Gasteiger partial charge is 0.147 e. The summed E-state index contributed by atoms with van der Waals surface area (Å²) in [4.78, 5) is 8.34. The van der Waals surface area contributed by atoms with Crippen LogP contribution in [-0.4, -0.2) is 17.0 Å². The SMILES string of the molecule is CNc1nc(NCc2cccnc2)c(Cl)cc1Cl. The Kier molecular flexibility index (Phi) is 4.23. The van der Waals surface area contributed by atoms with E-state index >= 15 is 0 Å². The van der Waals surface area contributed by atoms with Crippen LogP contribution in [0.4, 0.5) is 11.6 Å². The van der Waals surface area contributed by atoms with E-state index in [2.05, 4.69) is 20.6 Å². The van der Waals surface area contributed by atoms with Crippen molar-refractivity contribution in [2.45, 2.75) is 6.54 Å². The van der Waals surface area contributed by atoms with Crippen molar-refractivity contribution in [3.8, 4) is 0 Å². The van der Waals surface area contributed by atoms with Gasteiger partial charge in [0.2, 0.25) is 0 Å². The Hall–Kier alpha value is -1.52. The lowest BCUT2D eigenvalue weighted by molar-refractivity contribution is 1.09. The maximum absolute atomic E-state index is 6.07. The average molecular weight is 283 g/mol. The molecule has 0 unspecified atom stereocenters. The molecule has 94 valence electrons. The Labute approximate surface area is 115 Å². The predicted molar refractivity (Wildman–Crippen MR) is 75.4 cm³/mol. The lowest BCUT2D eigenvalue weighted by Gasteiger charge is -2.10. The summed E-state index contributed by atoms with van der Waals surface area (Å²) in [6.07, 6.45) is 3.52. The van der Waals surface area contributed by atoms with Gasteiger partial charge in [0.1, 0.15) is 11.6 Å². The first-order valence-corrected chi connectivity index (χ1v) is 6.13. The number of halogens is 2. The third kappa shape index (κ3) is 3.03. The van der Waals surface area contributed by atoms with Crippen LogP contribution in [0.3, 0.4) is 0 Å². The van der Waals surface area contributed by atoms with Crippen molar-refractivity contribution in [1.82, 2.24) is 9.97 Å². The molecule has 0 bridgehead atoms. The van der Waals surface area contributed by atoms with Crippen LogP contribution in [0.15, 0.2) is 30.6 Å². The molecule has 0 saturated carbocycles. The van der Waals surface area contributed by atoms with Crippen molar-refractivity contribution in [1.29, 1.82) is 0 Å². The molecule has 0 fully saturated rings. The molecule has 0 radical (unpaired) electrons. The van der Waals surface area contributed by atoms with Gasteiger partial charge in [0.15, 0.2) is 0 Å². The van der Waals surface area contributed by atoms with Crippen molar-refractivity contribution >= 4 is 34.8 Å². The minimum atomic E-state index is 0.489. The Morgan fingerprint density at radius 2 is 2.00 bits per heavy atom. The van der Waals surface area contributed by atoms with Gasteiger partial charge < -0.3 is 10.6 Å². The quantitative estimate of drug-likeness (QED) is 0.902. The Balaban J connectivity index is 2.14. The summed E-state index contributed by atoms with van der Waals surface area (Å²) < 4.78 is 0. The van der Waals surface area contributed by atoms with Crippen molar-refractivity contribution in [3.63, 3.8) is 0 Å². The topological polar surface area (TPSA) is 49.8 Å². The Bertz CT molecular complexity index is 531. The standard InChI is InChI=1S/C12H12Cl2N4/c1-15-11-9(13)5-10(14)12(18-11)17-7-8-3-2-4-16-6-8/h2-6H,7H2,1H3,(H2,15,17,18). The first-order chi connectivity index (χ1) is 8.70. The Morgan fingerprint density at radius 3 is 2.67 bits per heavy atom. The number of rotatable bonds is 4. The van der Waals surface area contributed by atoms with Gasteiger partial charge in [-0.15, -0.1) is 0 Å². The van der Waals surface area contributed by atoms with Gasteiger partial charge >= 0.3 is 0 Å². The van der Waals surface area contributed by atoms with Crippen molar-refractivity contribution in [2.75, 3.05) is 17.7 Å². The first-order valence-electron chi connectivity index (χ1n) is 5.37. The Morgan fingerprint density at radius 1 is 1.22 bits per heavy atom. The summed E-state index contributed by atoms with van der Waals surface area (Å²) in [7, 11) is 1.76. The highest BCUT2D eigenvalue weighted by molar-refractivity contribution is 6.37. The summed E-state index contributed by atoms with van der Waals surface area (Å²) in [5.74, 6) is 1.18. The number of aromatic nitrogens is 2. The van der Waals surface area contributed by atoms with Crippen LogP contribution in [0.25, 0.3) is 0 Å². The second-order valence-corrected chi connectivity index (χ2v) is 4.43. The zero-order valence-electron chi connectivity index (χ0n) is 9.74. The van der Waals surface area contributed by atoms with Gasteiger partial charge in [0.05, 0.1) is 10.0 Å². The molecule has 0 spiro atoms. The van der Waals surface area contributed by atoms with Crippen molar-refractivity contribution < 1.29 is 0 Å². The highest BCUT2D eigenvalue weighted by Gasteiger charge is 2.07. The fraction of sp³-hybridized carbons (Fsp3) is 0.167. The number of hydrogen-bond acceptors (Lipinski definition) is 4. The highest BCUT2D eigenvalue weighted by atomic mass is 35.5. The monoisotopic (exact) mass is 282 g/mol. The molecule has 2 heterocycles. The lowest BCUT2D eigenvalue weighted by atomic mass is 10.3. The molecule has 0 amide bonds. The van der Waals surface area contributed by atoms with Crippen molar-refractivity contribution in [3.05, 3.63) is 46.2 Å². The van der Waals surface area contributed by atoms with Crippen LogP contribution in [0.5, 0.6) is 0 Å².